The fraction of sp³-hybridized carbons (Fsp3) is 0.353. The van der Waals surface area contributed by atoms with Crippen LogP contribution in [0.4, 0.5) is 0 Å². The molecule has 2 rings (SSSR count). The van der Waals surface area contributed by atoms with Gasteiger partial charge in [-0.3, -0.25) is 0 Å². The Kier molecular flexibility index (Phi) is 5.56. The molecule has 0 aliphatic carbocycles. The lowest BCUT2D eigenvalue weighted by Crippen LogP contribution is -2.18. The number of hydrogen-bond acceptors (Lipinski definition) is 3. The second kappa shape index (κ2) is 7.65. The maximum absolute atomic E-state index is 11.7. The van der Waals surface area contributed by atoms with Crippen LogP contribution in [0, 0.1) is 0 Å². The van der Waals surface area contributed by atoms with Crippen LogP contribution in [-0.2, 0) is 14.3 Å². The first-order valence-electron chi connectivity index (χ1n) is 6.94. The number of ether oxygens (including phenoxy) is 2. The third-order valence-electron chi connectivity index (χ3n) is 3.19. The van der Waals surface area contributed by atoms with E-state index in [1.165, 1.54) is 0 Å². The number of benzene rings is 1. The van der Waals surface area contributed by atoms with Gasteiger partial charge in [0.15, 0.2) is 0 Å². The van der Waals surface area contributed by atoms with Crippen LogP contribution in [0.3, 0.4) is 0 Å². The smallest absolute Gasteiger partial charge is 0.333 e. The highest BCUT2D eigenvalue weighted by Crippen LogP contribution is 2.13. The van der Waals surface area contributed by atoms with Gasteiger partial charge in [-0.05, 0) is 24.8 Å². The van der Waals surface area contributed by atoms with Crippen molar-refractivity contribution in [3.05, 3.63) is 54.1 Å². The van der Waals surface area contributed by atoms with Crippen molar-refractivity contribution in [2.75, 3.05) is 13.2 Å². The van der Waals surface area contributed by atoms with Gasteiger partial charge in [0.1, 0.15) is 6.61 Å². The minimum absolute atomic E-state index is 0.0617. The molecular weight excluding hydrogens is 252 g/mol. The minimum Gasteiger partial charge on any atom is -0.460 e. The summed E-state index contributed by atoms with van der Waals surface area (Å²) in [6.45, 7) is 4.86. The topological polar surface area (TPSA) is 35.5 Å². The fourth-order valence-electron chi connectivity index (χ4n) is 2.03. The Morgan fingerprint density at radius 2 is 2.20 bits per heavy atom. The lowest BCUT2D eigenvalue weighted by Gasteiger charge is -2.10. The summed E-state index contributed by atoms with van der Waals surface area (Å²) in [7, 11) is 0. The van der Waals surface area contributed by atoms with Gasteiger partial charge in [-0.25, -0.2) is 4.79 Å². The second-order valence-corrected chi connectivity index (χ2v) is 4.85. The molecule has 0 bridgehead atoms. The fourth-order valence-corrected chi connectivity index (χ4v) is 2.03. The van der Waals surface area contributed by atoms with E-state index in [0.29, 0.717) is 18.6 Å². The van der Waals surface area contributed by atoms with Crippen molar-refractivity contribution in [1.82, 2.24) is 0 Å². The zero-order chi connectivity index (χ0) is 14.2. The highest BCUT2D eigenvalue weighted by Gasteiger charge is 2.18. The van der Waals surface area contributed by atoms with Crippen LogP contribution in [0.15, 0.2) is 48.6 Å². The number of rotatable bonds is 6. The molecule has 0 spiro atoms. The maximum Gasteiger partial charge on any atom is 0.333 e. The Bertz CT molecular complexity index is 470. The molecule has 1 aromatic carbocycles. The zero-order valence-corrected chi connectivity index (χ0v) is 11.6. The minimum atomic E-state index is -0.335. The van der Waals surface area contributed by atoms with Crippen molar-refractivity contribution in [2.45, 2.75) is 25.4 Å². The molecule has 106 valence electrons. The van der Waals surface area contributed by atoms with Crippen LogP contribution in [0.25, 0.3) is 6.08 Å². The predicted molar refractivity (Wildman–Crippen MR) is 79.2 cm³/mol. The normalized spacial score (nSPS) is 18.3. The monoisotopic (exact) mass is 272 g/mol. The number of allylic oxidation sites excluding steroid dienone is 1. The van der Waals surface area contributed by atoms with Gasteiger partial charge in [-0.2, -0.15) is 0 Å². The van der Waals surface area contributed by atoms with E-state index in [9.17, 15) is 4.79 Å². The first kappa shape index (κ1) is 14.5. The molecule has 1 aromatic rings. The Hall–Kier alpha value is -1.87. The molecule has 0 aromatic heterocycles. The van der Waals surface area contributed by atoms with Crippen molar-refractivity contribution in [3.8, 4) is 0 Å². The Labute approximate surface area is 119 Å². The molecule has 3 nitrogen and oxygen atoms in total. The highest BCUT2D eigenvalue weighted by atomic mass is 16.6. The molecular formula is C17H20O3. The van der Waals surface area contributed by atoms with E-state index in [2.05, 4.69) is 6.58 Å². The second-order valence-electron chi connectivity index (χ2n) is 4.85. The SMILES string of the molecule is C=C(CC=Cc1ccccc1)C(=O)OCC1CCCO1. The van der Waals surface area contributed by atoms with Gasteiger partial charge in [-0.15, -0.1) is 0 Å². The van der Waals surface area contributed by atoms with Gasteiger partial charge in [0, 0.05) is 12.2 Å². The number of hydrogen-bond donors (Lipinski definition) is 0. The Balaban J connectivity index is 1.71. The number of carbonyl (C=O) groups excluding carboxylic acids is 1. The van der Waals surface area contributed by atoms with E-state index in [4.69, 9.17) is 9.47 Å². The summed E-state index contributed by atoms with van der Waals surface area (Å²) < 4.78 is 10.6. The van der Waals surface area contributed by atoms with Crippen LogP contribution < -0.4 is 0 Å². The molecule has 20 heavy (non-hydrogen) atoms. The van der Waals surface area contributed by atoms with Crippen molar-refractivity contribution < 1.29 is 14.3 Å². The maximum atomic E-state index is 11.7. The Morgan fingerprint density at radius 3 is 2.90 bits per heavy atom. The molecule has 1 unspecified atom stereocenters. The summed E-state index contributed by atoms with van der Waals surface area (Å²) in [4.78, 5) is 11.7. The molecule has 0 amide bonds. The van der Waals surface area contributed by atoms with E-state index in [1.54, 1.807) is 0 Å². The lowest BCUT2D eigenvalue weighted by molar-refractivity contribution is -0.142. The molecule has 3 heteroatoms. The van der Waals surface area contributed by atoms with E-state index in [-0.39, 0.29) is 12.1 Å². The molecule has 0 N–H and O–H groups in total. The van der Waals surface area contributed by atoms with Crippen LogP contribution in [0.5, 0.6) is 0 Å². The molecule has 1 atom stereocenters. The third kappa shape index (κ3) is 4.67. The van der Waals surface area contributed by atoms with Crippen LogP contribution in [0.2, 0.25) is 0 Å². The van der Waals surface area contributed by atoms with Gasteiger partial charge in [0.05, 0.1) is 6.10 Å². The van der Waals surface area contributed by atoms with E-state index < -0.39 is 0 Å². The highest BCUT2D eigenvalue weighted by molar-refractivity contribution is 5.88. The van der Waals surface area contributed by atoms with E-state index in [1.807, 2.05) is 42.5 Å². The van der Waals surface area contributed by atoms with Crippen LogP contribution in [-0.4, -0.2) is 25.3 Å². The zero-order valence-electron chi connectivity index (χ0n) is 11.6. The van der Waals surface area contributed by atoms with Gasteiger partial charge in [0.2, 0.25) is 0 Å². The standard InChI is InChI=1S/C17H20O3/c1-14(7-5-10-15-8-3-2-4-9-15)17(18)20-13-16-11-6-12-19-16/h2-5,8-10,16H,1,6-7,11-13H2. The molecule has 0 radical (unpaired) electrons. The summed E-state index contributed by atoms with van der Waals surface area (Å²) in [5.74, 6) is -0.335. The van der Waals surface area contributed by atoms with Gasteiger partial charge >= 0.3 is 5.97 Å². The van der Waals surface area contributed by atoms with Crippen molar-refractivity contribution in [3.63, 3.8) is 0 Å². The number of carbonyl (C=O) groups is 1. The van der Waals surface area contributed by atoms with E-state index in [0.717, 1.165) is 25.0 Å². The lowest BCUT2D eigenvalue weighted by atomic mass is 10.1. The Morgan fingerprint density at radius 1 is 1.40 bits per heavy atom. The van der Waals surface area contributed by atoms with Gasteiger partial charge < -0.3 is 9.47 Å². The summed E-state index contributed by atoms with van der Waals surface area (Å²) >= 11 is 0. The first-order valence-corrected chi connectivity index (χ1v) is 6.94. The summed E-state index contributed by atoms with van der Waals surface area (Å²) in [5, 5.41) is 0. The van der Waals surface area contributed by atoms with Gasteiger partial charge in [0.25, 0.3) is 0 Å². The third-order valence-corrected chi connectivity index (χ3v) is 3.19. The molecule has 0 saturated carbocycles. The average Bonchev–Trinajstić information content (AvgIpc) is 2.99. The predicted octanol–water partition coefficient (Wildman–Crippen LogP) is 3.37. The quantitative estimate of drug-likeness (QED) is 0.588. The summed E-state index contributed by atoms with van der Waals surface area (Å²) in [6.07, 6.45) is 6.46. The van der Waals surface area contributed by atoms with E-state index >= 15 is 0 Å². The van der Waals surface area contributed by atoms with Crippen LogP contribution in [0.1, 0.15) is 24.8 Å². The molecule has 1 fully saturated rings. The molecule has 1 saturated heterocycles. The van der Waals surface area contributed by atoms with Crippen molar-refractivity contribution >= 4 is 12.0 Å². The largest absolute Gasteiger partial charge is 0.460 e. The van der Waals surface area contributed by atoms with Crippen LogP contribution >= 0.6 is 0 Å². The first-order chi connectivity index (χ1) is 9.75. The summed E-state index contributed by atoms with van der Waals surface area (Å²) in [6, 6.07) is 9.94. The average molecular weight is 272 g/mol. The molecule has 1 aliphatic rings. The van der Waals surface area contributed by atoms with Gasteiger partial charge in [-0.1, -0.05) is 49.1 Å². The summed E-state index contributed by atoms with van der Waals surface area (Å²) in [5.41, 5.74) is 1.57. The molecule has 1 aliphatic heterocycles. The van der Waals surface area contributed by atoms with Crippen molar-refractivity contribution in [2.24, 2.45) is 0 Å². The van der Waals surface area contributed by atoms with Crippen molar-refractivity contribution in [1.29, 1.82) is 0 Å². The molecule has 1 heterocycles. The number of esters is 1.